The molecule has 0 spiro atoms. The number of aliphatic hydroxyl groups is 1. The second-order valence-corrected chi connectivity index (χ2v) is 4.94. The minimum atomic E-state index is -0.777. The van der Waals surface area contributed by atoms with Crippen molar-refractivity contribution in [3.05, 3.63) is 34.9 Å². The summed E-state index contributed by atoms with van der Waals surface area (Å²) in [5.74, 6) is 0.513. The van der Waals surface area contributed by atoms with E-state index < -0.39 is 5.60 Å². The van der Waals surface area contributed by atoms with Crippen LogP contribution in [-0.4, -0.2) is 5.11 Å². The third-order valence-electron chi connectivity index (χ3n) is 2.89. The highest BCUT2D eigenvalue weighted by Gasteiger charge is 2.25. The van der Waals surface area contributed by atoms with Gasteiger partial charge in [0.15, 0.2) is 0 Å². The summed E-state index contributed by atoms with van der Waals surface area (Å²) in [5.41, 5.74) is 0.121. The Bertz CT molecular complexity index is 320. The fraction of sp³-hybridized carbons (Fsp3) is 0.538. The van der Waals surface area contributed by atoms with Crippen molar-refractivity contribution in [2.45, 2.75) is 39.2 Å². The van der Waals surface area contributed by atoms with E-state index in [0.29, 0.717) is 10.9 Å². The van der Waals surface area contributed by atoms with E-state index in [4.69, 9.17) is 11.6 Å². The topological polar surface area (TPSA) is 20.2 Å². The zero-order valence-electron chi connectivity index (χ0n) is 9.63. The number of rotatable bonds is 4. The van der Waals surface area contributed by atoms with E-state index in [9.17, 15) is 5.11 Å². The van der Waals surface area contributed by atoms with Gasteiger partial charge < -0.3 is 5.11 Å². The number of benzene rings is 1. The molecule has 1 rings (SSSR count). The fourth-order valence-electron chi connectivity index (χ4n) is 1.76. The van der Waals surface area contributed by atoms with Crippen LogP contribution >= 0.6 is 11.6 Å². The summed E-state index contributed by atoms with van der Waals surface area (Å²) in [6.45, 7) is 6.14. The number of halogens is 1. The van der Waals surface area contributed by atoms with Gasteiger partial charge in [0, 0.05) is 5.02 Å². The van der Waals surface area contributed by atoms with E-state index in [1.54, 1.807) is 0 Å². The SMILES string of the molecule is CCC(C)CC(C)(O)c1cccc(Cl)c1. The van der Waals surface area contributed by atoms with Crippen LogP contribution in [0.1, 0.15) is 39.2 Å². The quantitative estimate of drug-likeness (QED) is 0.824. The second kappa shape index (κ2) is 5.00. The maximum Gasteiger partial charge on any atom is 0.0871 e. The van der Waals surface area contributed by atoms with Gasteiger partial charge >= 0.3 is 0 Å². The summed E-state index contributed by atoms with van der Waals surface area (Å²) in [4.78, 5) is 0. The van der Waals surface area contributed by atoms with Gasteiger partial charge in [-0.1, -0.05) is 44.0 Å². The molecular weight excluding hydrogens is 208 g/mol. The van der Waals surface area contributed by atoms with Crippen LogP contribution in [0.25, 0.3) is 0 Å². The van der Waals surface area contributed by atoms with E-state index >= 15 is 0 Å². The normalized spacial score (nSPS) is 17.1. The van der Waals surface area contributed by atoms with Crippen molar-refractivity contribution in [1.29, 1.82) is 0 Å². The molecule has 1 aromatic rings. The molecule has 0 aliphatic rings. The minimum absolute atomic E-state index is 0.513. The largest absolute Gasteiger partial charge is 0.385 e. The van der Waals surface area contributed by atoms with Crippen LogP contribution in [0, 0.1) is 5.92 Å². The predicted molar refractivity (Wildman–Crippen MR) is 65.1 cm³/mol. The maximum atomic E-state index is 10.4. The van der Waals surface area contributed by atoms with Crippen molar-refractivity contribution in [3.8, 4) is 0 Å². The average Bonchev–Trinajstić information content (AvgIpc) is 2.17. The molecule has 1 aromatic carbocycles. The highest BCUT2D eigenvalue weighted by atomic mass is 35.5. The third-order valence-corrected chi connectivity index (χ3v) is 3.12. The first-order chi connectivity index (χ1) is 6.95. The highest BCUT2D eigenvalue weighted by molar-refractivity contribution is 6.30. The molecule has 0 radical (unpaired) electrons. The molecule has 1 N–H and O–H groups in total. The van der Waals surface area contributed by atoms with Gasteiger partial charge in [-0.2, -0.15) is 0 Å². The summed E-state index contributed by atoms with van der Waals surface area (Å²) >= 11 is 5.91. The number of hydrogen-bond acceptors (Lipinski definition) is 1. The standard InChI is InChI=1S/C13H19ClO/c1-4-10(2)9-13(3,15)11-6-5-7-12(14)8-11/h5-8,10,15H,4,9H2,1-3H3. The Labute approximate surface area is 97.1 Å². The van der Waals surface area contributed by atoms with Crippen molar-refractivity contribution in [1.82, 2.24) is 0 Å². The molecule has 0 aliphatic carbocycles. The lowest BCUT2D eigenvalue weighted by molar-refractivity contribution is 0.0319. The first-order valence-corrected chi connectivity index (χ1v) is 5.82. The van der Waals surface area contributed by atoms with Gasteiger partial charge in [-0.15, -0.1) is 0 Å². The van der Waals surface area contributed by atoms with E-state index in [2.05, 4.69) is 13.8 Å². The molecular formula is C13H19ClO. The Kier molecular flexibility index (Phi) is 4.18. The summed E-state index contributed by atoms with van der Waals surface area (Å²) in [6.07, 6.45) is 1.85. The first-order valence-electron chi connectivity index (χ1n) is 5.44. The Morgan fingerprint density at radius 2 is 2.13 bits per heavy atom. The molecule has 2 atom stereocenters. The summed E-state index contributed by atoms with van der Waals surface area (Å²) in [5, 5.41) is 11.0. The van der Waals surface area contributed by atoms with Gasteiger partial charge in [0.2, 0.25) is 0 Å². The van der Waals surface area contributed by atoms with Crippen LogP contribution in [-0.2, 0) is 5.60 Å². The van der Waals surface area contributed by atoms with Crippen LogP contribution in [0.5, 0.6) is 0 Å². The van der Waals surface area contributed by atoms with Crippen molar-refractivity contribution in [2.75, 3.05) is 0 Å². The molecule has 0 fully saturated rings. The Balaban J connectivity index is 2.85. The third kappa shape index (κ3) is 3.51. The summed E-state index contributed by atoms with van der Waals surface area (Å²) in [6, 6.07) is 7.46. The van der Waals surface area contributed by atoms with Gasteiger partial charge in [-0.3, -0.25) is 0 Å². The van der Waals surface area contributed by atoms with Crippen LogP contribution < -0.4 is 0 Å². The lowest BCUT2D eigenvalue weighted by atomic mass is 9.86. The van der Waals surface area contributed by atoms with Gasteiger partial charge in [0.1, 0.15) is 0 Å². The maximum absolute atomic E-state index is 10.4. The van der Waals surface area contributed by atoms with Crippen LogP contribution in [0.4, 0.5) is 0 Å². The Hall–Kier alpha value is -0.530. The summed E-state index contributed by atoms with van der Waals surface area (Å²) < 4.78 is 0. The van der Waals surface area contributed by atoms with Gasteiger partial charge in [0.05, 0.1) is 5.60 Å². The molecule has 0 bridgehead atoms. The van der Waals surface area contributed by atoms with Gasteiger partial charge in [0.25, 0.3) is 0 Å². The molecule has 0 aliphatic heterocycles. The van der Waals surface area contributed by atoms with Gasteiger partial charge in [-0.25, -0.2) is 0 Å². The smallest absolute Gasteiger partial charge is 0.0871 e. The lowest BCUT2D eigenvalue weighted by Gasteiger charge is -2.27. The molecule has 1 nitrogen and oxygen atoms in total. The Morgan fingerprint density at radius 1 is 1.47 bits per heavy atom. The molecule has 0 saturated carbocycles. The molecule has 0 heterocycles. The van der Waals surface area contributed by atoms with E-state index in [0.717, 1.165) is 18.4 Å². The van der Waals surface area contributed by atoms with Crippen LogP contribution in [0.2, 0.25) is 5.02 Å². The van der Waals surface area contributed by atoms with E-state index in [1.165, 1.54) is 0 Å². The van der Waals surface area contributed by atoms with Crippen molar-refractivity contribution < 1.29 is 5.11 Å². The Morgan fingerprint density at radius 3 is 2.67 bits per heavy atom. The minimum Gasteiger partial charge on any atom is -0.385 e. The molecule has 2 heteroatoms. The second-order valence-electron chi connectivity index (χ2n) is 4.50. The molecule has 0 amide bonds. The summed E-state index contributed by atoms with van der Waals surface area (Å²) in [7, 11) is 0. The fourth-order valence-corrected chi connectivity index (χ4v) is 1.95. The van der Waals surface area contributed by atoms with Crippen LogP contribution in [0.15, 0.2) is 24.3 Å². The van der Waals surface area contributed by atoms with E-state index in [-0.39, 0.29) is 0 Å². The van der Waals surface area contributed by atoms with E-state index in [1.807, 2.05) is 31.2 Å². The zero-order valence-corrected chi connectivity index (χ0v) is 10.4. The average molecular weight is 227 g/mol. The van der Waals surface area contributed by atoms with Crippen molar-refractivity contribution in [2.24, 2.45) is 5.92 Å². The molecule has 84 valence electrons. The first kappa shape index (κ1) is 12.5. The molecule has 0 aromatic heterocycles. The van der Waals surface area contributed by atoms with Crippen molar-refractivity contribution in [3.63, 3.8) is 0 Å². The molecule has 15 heavy (non-hydrogen) atoms. The van der Waals surface area contributed by atoms with Gasteiger partial charge in [-0.05, 0) is 37.0 Å². The zero-order chi connectivity index (χ0) is 11.5. The highest BCUT2D eigenvalue weighted by Crippen LogP contribution is 2.30. The van der Waals surface area contributed by atoms with Crippen molar-refractivity contribution >= 4 is 11.6 Å². The molecule has 0 saturated heterocycles. The lowest BCUT2D eigenvalue weighted by Crippen LogP contribution is -2.23. The molecule has 2 unspecified atom stereocenters. The predicted octanol–water partition coefficient (Wildman–Crippen LogP) is 3.98. The number of hydrogen-bond donors (Lipinski definition) is 1. The van der Waals surface area contributed by atoms with Crippen LogP contribution in [0.3, 0.4) is 0 Å². The monoisotopic (exact) mass is 226 g/mol.